The van der Waals surface area contributed by atoms with Crippen molar-refractivity contribution in [2.24, 2.45) is 5.92 Å². The molecule has 0 aliphatic rings. The summed E-state index contributed by atoms with van der Waals surface area (Å²) in [5, 5.41) is 1.06. The van der Waals surface area contributed by atoms with Crippen molar-refractivity contribution in [3.05, 3.63) is 84.8 Å². The van der Waals surface area contributed by atoms with Crippen LogP contribution in [0.2, 0.25) is 0 Å². The van der Waals surface area contributed by atoms with Crippen LogP contribution < -0.4 is 4.90 Å². The second-order valence-electron chi connectivity index (χ2n) is 10.1. The molecule has 0 saturated heterocycles. The quantitative estimate of drug-likeness (QED) is 0.127. The van der Waals surface area contributed by atoms with Gasteiger partial charge >= 0.3 is 0 Å². The highest BCUT2D eigenvalue weighted by Gasteiger charge is 2.14. The van der Waals surface area contributed by atoms with Crippen molar-refractivity contribution >= 4 is 22.4 Å². The van der Waals surface area contributed by atoms with Gasteiger partial charge in [0.1, 0.15) is 0 Å². The molecule has 0 spiro atoms. The second-order valence-corrected chi connectivity index (χ2v) is 10.1. The molecule has 0 radical (unpaired) electrons. The van der Waals surface area contributed by atoms with Crippen LogP contribution in [0.15, 0.2) is 79.1 Å². The van der Waals surface area contributed by atoms with E-state index in [1.807, 2.05) is 18.6 Å². The predicted molar refractivity (Wildman–Crippen MR) is 170 cm³/mol. The summed E-state index contributed by atoms with van der Waals surface area (Å²) in [4.78, 5) is 24.3. The number of imidazole rings is 1. The highest BCUT2D eigenvalue weighted by atomic mass is 15.2. The van der Waals surface area contributed by atoms with E-state index in [4.69, 9.17) is 15.0 Å². The van der Waals surface area contributed by atoms with Crippen LogP contribution in [0, 0.1) is 18.8 Å². The highest BCUT2D eigenvalue weighted by molar-refractivity contribution is 5.88. The molecular formula is C34H40N6. The first-order chi connectivity index (χ1) is 19.4. The predicted octanol–water partition coefficient (Wildman–Crippen LogP) is 8.13. The van der Waals surface area contributed by atoms with Crippen molar-refractivity contribution in [1.29, 1.82) is 0 Å². The first-order valence-electron chi connectivity index (χ1n) is 13.7. The van der Waals surface area contributed by atoms with Gasteiger partial charge in [0.2, 0.25) is 5.95 Å². The number of nitrogens with zero attached hydrogens (tertiary/aromatic N) is 5. The summed E-state index contributed by atoms with van der Waals surface area (Å²) in [6, 6.07) is 8.47. The van der Waals surface area contributed by atoms with E-state index < -0.39 is 0 Å². The number of aromatic amines is 1. The minimum Gasteiger partial charge on any atom is -0.344 e. The Bertz CT molecular complexity index is 1500. The Labute approximate surface area is 239 Å². The van der Waals surface area contributed by atoms with Crippen LogP contribution in [0.25, 0.3) is 38.9 Å². The van der Waals surface area contributed by atoms with Crippen LogP contribution in [-0.2, 0) is 0 Å². The van der Waals surface area contributed by atoms with Crippen molar-refractivity contribution in [2.45, 2.75) is 48.0 Å². The fraction of sp³-hybridized carbons (Fsp3) is 0.294. The average Bonchev–Trinajstić information content (AvgIpc) is 3.47. The fourth-order valence-electron chi connectivity index (χ4n) is 4.37. The molecule has 0 unspecified atom stereocenters. The normalized spacial score (nSPS) is 12.1. The molecule has 0 fully saturated rings. The lowest BCUT2D eigenvalue weighted by molar-refractivity contribution is 0.613. The third-order valence-corrected chi connectivity index (χ3v) is 6.47. The molecular weight excluding hydrogens is 492 g/mol. The molecule has 4 rings (SSSR count). The van der Waals surface area contributed by atoms with E-state index in [9.17, 15) is 0 Å². The van der Waals surface area contributed by atoms with E-state index in [0.29, 0.717) is 5.92 Å². The van der Waals surface area contributed by atoms with Crippen molar-refractivity contribution in [2.75, 3.05) is 18.0 Å². The zero-order valence-electron chi connectivity index (χ0n) is 24.5. The van der Waals surface area contributed by atoms with Gasteiger partial charge in [-0.3, -0.25) is 4.98 Å². The fourth-order valence-corrected chi connectivity index (χ4v) is 4.37. The number of hydrogen-bond acceptors (Lipinski definition) is 5. The van der Waals surface area contributed by atoms with Gasteiger partial charge in [0, 0.05) is 53.8 Å². The average molecular weight is 533 g/mol. The van der Waals surface area contributed by atoms with Crippen LogP contribution in [-0.4, -0.2) is 38.0 Å². The number of rotatable bonds is 10. The first-order valence-corrected chi connectivity index (χ1v) is 13.7. The Morgan fingerprint density at radius 2 is 1.68 bits per heavy atom. The van der Waals surface area contributed by atoms with Crippen LogP contribution in [0.4, 0.5) is 5.95 Å². The van der Waals surface area contributed by atoms with Gasteiger partial charge in [-0.2, -0.15) is 0 Å². The van der Waals surface area contributed by atoms with Gasteiger partial charge in [0.15, 0.2) is 0 Å². The molecule has 0 amide bonds. The van der Waals surface area contributed by atoms with Crippen LogP contribution in [0.3, 0.4) is 0 Å². The highest BCUT2D eigenvalue weighted by Crippen LogP contribution is 2.30. The first kappa shape index (κ1) is 30.0. The number of nitrogens with one attached hydrogen (secondary N) is 1. The number of H-pyrrole nitrogens is 1. The number of fused-ring (bicyclic) bond motifs is 1. The van der Waals surface area contributed by atoms with E-state index >= 15 is 0 Å². The van der Waals surface area contributed by atoms with Gasteiger partial charge < -0.3 is 9.88 Å². The Balaban J connectivity index is 0.00000216. The Morgan fingerprint density at radius 1 is 0.975 bits per heavy atom. The molecule has 6 heteroatoms. The van der Waals surface area contributed by atoms with Gasteiger partial charge in [-0.1, -0.05) is 56.7 Å². The summed E-state index contributed by atoms with van der Waals surface area (Å²) in [6.45, 7) is 14.6. The molecule has 0 bridgehead atoms. The molecule has 206 valence electrons. The van der Waals surface area contributed by atoms with Crippen LogP contribution in [0.5, 0.6) is 0 Å². The molecule has 3 heterocycles. The number of benzene rings is 1. The van der Waals surface area contributed by atoms with E-state index in [2.05, 4.69) is 118 Å². The van der Waals surface area contributed by atoms with E-state index in [1.165, 1.54) is 5.57 Å². The molecule has 40 heavy (non-hydrogen) atoms. The molecule has 3 aromatic heterocycles. The minimum absolute atomic E-state index is 0.518. The molecule has 1 aromatic carbocycles. The molecule has 0 aliphatic carbocycles. The summed E-state index contributed by atoms with van der Waals surface area (Å²) in [7, 11) is 0. The molecule has 1 N–H and O–H groups in total. The van der Waals surface area contributed by atoms with Gasteiger partial charge in [0.05, 0.1) is 23.2 Å². The lowest BCUT2D eigenvalue weighted by Crippen LogP contribution is -2.30. The molecule has 4 aromatic rings. The maximum atomic E-state index is 4.73. The Morgan fingerprint density at radius 3 is 2.35 bits per heavy atom. The summed E-state index contributed by atoms with van der Waals surface area (Å²) in [6.07, 6.45) is 24.9. The van der Waals surface area contributed by atoms with E-state index in [-0.39, 0.29) is 0 Å². The van der Waals surface area contributed by atoms with E-state index in [0.717, 1.165) is 70.0 Å². The molecule has 0 saturated carbocycles. The summed E-state index contributed by atoms with van der Waals surface area (Å²) >= 11 is 0. The van der Waals surface area contributed by atoms with Gasteiger partial charge in [-0.15, -0.1) is 12.8 Å². The third-order valence-electron chi connectivity index (χ3n) is 6.47. The minimum atomic E-state index is 0.518. The number of anilines is 1. The van der Waals surface area contributed by atoms with Crippen molar-refractivity contribution < 1.29 is 0 Å². The number of terminal acetylenes is 1. The number of allylic oxidation sites excluding steroid dienone is 5. The largest absolute Gasteiger partial charge is 0.344 e. The van der Waals surface area contributed by atoms with Crippen LogP contribution >= 0.6 is 0 Å². The number of pyridine rings is 1. The van der Waals surface area contributed by atoms with Crippen molar-refractivity contribution in [3.8, 4) is 35.2 Å². The van der Waals surface area contributed by atoms with Crippen LogP contribution in [0.1, 0.15) is 53.7 Å². The molecule has 6 nitrogen and oxygen atoms in total. The summed E-state index contributed by atoms with van der Waals surface area (Å²) in [5.74, 6) is 1.27. The monoisotopic (exact) mass is 532 g/mol. The van der Waals surface area contributed by atoms with Crippen molar-refractivity contribution in [3.63, 3.8) is 0 Å². The van der Waals surface area contributed by atoms with Gasteiger partial charge in [-0.05, 0) is 56.9 Å². The summed E-state index contributed by atoms with van der Waals surface area (Å²) in [5.41, 5.74) is 8.34. The van der Waals surface area contributed by atoms with Crippen molar-refractivity contribution in [1.82, 2.24) is 24.9 Å². The lowest BCUT2D eigenvalue weighted by Gasteiger charge is -2.25. The summed E-state index contributed by atoms with van der Waals surface area (Å²) < 4.78 is 0. The lowest BCUT2D eigenvalue weighted by atomic mass is 10.0. The molecule has 0 atom stereocenters. The SMILES string of the molecule is C#C.C/C=C(/C)CN(CC(C)C)c1ncc(-c2cnc3ccc(-c4[nH]cnc4/C(C)=C/C=C\CC)cc3c2)cn1. The van der Waals surface area contributed by atoms with Gasteiger partial charge in [-0.25, -0.2) is 15.0 Å². The van der Waals surface area contributed by atoms with Gasteiger partial charge in [0.25, 0.3) is 0 Å². The topological polar surface area (TPSA) is 70.6 Å². The maximum Gasteiger partial charge on any atom is 0.225 e. The standard InChI is InChI=1S/C32H38N6.C2H2/c1-7-9-10-11-24(6)30-31(37-21-36-30)25-12-13-29-26(14-25)15-27(16-33-29)28-17-34-32(35-18-28)38(19-22(3)4)20-23(5)8-2;1-2/h8-18,21-22H,7,19-20H2,1-6H3,(H,36,37);1-2H/b10-9-,23-8-,24-11+;. The Kier molecular flexibility index (Phi) is 11.0. The number of hydrogen-bond donors (Lipinski definition) is 1. The Hall–Kier alpha value is -4.50. The second kappa shape index (κ2) is 14.6. The zero-order chi connectivity index (χ0) is 29.1. The maximum absolute atomic E-state index is 4.73. The zero-order valence-corrected chi connectivity index (χ0v) is 24.5. The molecule has 0 aliphatic heterocycles. The van der Waals surface area contributed by atoms with E-state index in [1.54, 1.807) is 6.33 Å². The smallest absolute Gasteiger partial charge is 0.225 e. The third kappa shape index (κ3) is 7.54. The number of aromatic nitrogens is 5.